The second kappa shape index (κ2) is 2.54. The zero-order chi connectivity index (χ0) is 6.97. The number of fused-ring (bicyclic) bond motifs is 1. The Morgan fingerprint density at radius 2 is 1.80 bits per heavy atom. The van der Waals surface area contributed by atoms with Gasteiger partial charge in [0, 0.05) is 0 Å². The number of aliphatic hydroxyl groups excluding tert-OH is 1. The molecule has 1 N–H and O–H groups in total. The third kappa shape index (κ3) is 1.20. The van der Waals surface area contributed by atoms with Gasteiger partial charge in [-0.3, -0.25) is 0 Å². The molecule has 10 heavy (non-hydrogen) atoms. The van der Waals surface area contributed by atoms with Gasteiger partial charge in [-0.05, 0) is 24.7 Å². The van der Waals surface area contributed by atoms with Crippen molar-refractivity contribution in [2.24, 2.45) is 11.8 Å². The van der Waals surface area contributed by atoms with Gasteiger partial charge in [-0.15, -0.1) is 0 Å². The zero-order valence-corrected chi connectivity index (χ0v) is 6.42. The SMILES string of the molecule is O[C@H]1CCCCC[C@H]2C[C@H]21. The van der Waals surface area contributed by atoms with E-state index in [4.69, 9.17) is 0 Å². The standard InChI is InChI=1S/C9H16O/c10-9-5-3-1-2-4-7-6-8(7)9/h7-10H,1-6H2/t7-,8+,9-/m0/s1. The van der Waals surface area contributed by atoms with Crippen LogP contribution in [0.4, 0.5) is 0 Å². The molecule has 0 bridgehead atoms. The van der Waals surface area contributed by atoms with Gasteiger partial charge in [0.05, 0.1) is 6.10 Å². The van der Waals surface area contributed by atoms with Gasteiger partial charge in [-0.1, -0.05) is 25.7 Å². The predicted octanol–water partition coefficient (Wildman–Crippen LogP) is 1.95. The first-order valence-corrected chi connectivity index (χ1v) is 4.56. The molecule has 0 aromatic carbocycles. The molecule has 58 valence electrons. The van der Waals surface area contributed by atoms with Crippen LogP contribution in [-0.4, -0.2) is 11.2 Å². The lowest BCUT2D eigenvalue weighted by Gasteiger charge is -2.12. The first-order chi connectivity index (χ1) is 4.88. The van der Waals surface area contributed by atoms with Crippen LogP contribution in [-0.2, 0) is 0 Å². The zero-order valence-electron chi connectivity index (χ0n) is 6.42. The van der Waals surface area contributed by atoms with Crippen LogP contribution < -0.4 is 0 Å². The maximum absolute atomic E-state index is 9.52. The molecule has 2 aliphatic carbocycles. The van der Waals surface area contributed by atoms with Crippen LogP contribution in [0.1, 0.15) is 38.5 Å². The smallest absolute Gasteiger partial charge is 0.0571 e. The largest absolute Gasteiger partial charge is 0.393 e. The fraction of sp³-hybridized carbons (Fsp3) is 1.00. The minimum Gasteiger partial charge on any atom is -0.393 e. The van der Waals surface area contributed by atoms with Gasteiger partial charge in [0.2, 0.25) is 0 Å². The van der Waals surface area contributed by atoms with Crippen LogP contribution >= 0.6 is 0 Å². The van der Waals surface area contributed by atoms with Crippen molar-refractivity contribution in [1.82, 2.24) is 0 Å². The maximum atomic E-state index is 9.52. The van der Waals surface area contributed by atoms with Crippen LogP contribution in [0.15, 0.2) is 0 Å². The Morgan fingerprint density at radius 1 is 1.00 bits per heavy atom. The van der Waals surface area contributed by atoms with E-state index in [-0.39, 0.29) is 6.10 Å². The molecule has 1 nitrogen and oxygen atoms in total. The molecule has 0 saturated heterocycles. The third-order valence-electron chi connectivity index (χ3n) is 3.05. The van der Waals surface area contributed by atoms with Crippen LogP contribution in [0.25, 0.3) is 0 Å². The molecular weight excluding hydrogens is 124 g/mol. The molecule has 2 aliphatic rings. The second-order valence-electron chi connectivity index (χ2n) is 3.86. The molecular formula is C9H16O. The Balaban J connectivity index is 1.88. The van der Waals surface area contributed by atoms with E-state index >= 15 is 0 Å². The fourth-order valence-electron chi connectivity index (χ4n) is 2.23. The van der Waals surface area contributed by atoms with E-state index in [1.807, 2.05) is 0 Å². The first-order valence-electron chi connectivity index (χ1n) is 4.56. The van der Waals surface area contributed by atoms with E-state index in [2.05, 4.69) is 0 Å². The normalized spacial score (nSPS) is 47.1. The summed E-state index contributed by atoms with van der Waals surface area (Å²) in [6.07, 6.45) is 7.85. The minimum absolute atomic E-state index is 0.0605. The molecule has 0 heterocycles. The maximum Gasteiger partial charge on any atom is 0.0571 e. The molecule has 0 aromatic rings. The molecule has 0 radical (unpaired) electrons. The Hall–Kier alpha value is -0.0400. The molecule has 0 aliphatic heterocycles. The van der Waals surface area contributed by atoms with Crippen LogP contribution in [0.5, 0.6) is 0 Å². The van der Waals surface area contributed by atoms with E-state index in [0.717, 1.165) is 12.3 Å². The van der Waals surface area contributed by atoms with E-state index in [9.17, 15) is 5.11 Å². The Kier molecular flexibility index (Phi) is 1.69. The Bertz CT molecular complexity index is 122. The molecule has 0 spiro atoms. The average molecular weight is 140 g/mol. The molecule has 0 unspecified atom stereocenters. The lowest BCUT2D eigenvalue weighted by atomic mass is 9.99. The van der Waals surface area contributed by atoms with E-state index in [1.54, 1.807) is 0 Å². The van der Waals surface area contributed by atoms with E-state index in [1.165, 1.54) is 32.1 Å². The monoisotopic (exact) mass is 140 g/mol. The summed E-state index contributed by atoms with van der Waals surface area (Å²) < 4.78 is 0. The summed E-state index contributed by atoms with van der Waals surface area (Å²) in [6, 6.07) is 0. The summed E-state index contributed by atoms with van der Waals surface area (Å²) in [6.45, 7) is 0. The van der Waals surface area contributed by atoms with Crippen LogP contribution in [0.2, 0.25) is 0 Å². The Morgan fingerprint density at radius 3 is 2.70 bits per heavy atom. The minimum atomic E-state index is 0.0605. The summed E-state index contributed by atoms with van der Waals surface area (Å²) >= 11 is 0. The van der Waals surface area contributed by atoms with Gasteiger partial charge in [0.1, 0.15) is 0 Å². The van der Waals surface area contributed by atoms with Gasteiger partial charge in [0.15, 0.2) is 0 Å². The number of hydrogen-bond acceptors (Lipinski definition) is 1. The first kappa shape index (κ1) is 6.66. The number of aliphatic hydroxyl groups is 1. The van der Waals surface area contributed by atoms with Crippen molar-refractivity contribution in [2.45, 2.75) is 44.6 Å². The van der Waals surface area contributed by atoms with Crippen molar-refractivity contribution in [3.8, 4) is 0 Å². The highest BCUT2D eigenvalue weighted by molar-refractivity contribution is 4.92. The summed E-state index contributed by atoms with van der Waals surface area (Å²) in [5.41, 5.74) is 0. The van der Waals surface area contributed by atoms with Crippen LogP contribution in [0.3, 0.4) is 0 Å². The van der Waals surface area contributed by atoms with Gasteiger partial charge in [-0.25, -0.2) is 0 Å². The molecule has 0 amide bonds. The molecule has 3 atom stereocenters. The summed E-state index contributed by atoms with van der Waals surface area (Å²) in [5.74, 6) is 1.62. The lowest BCUT2D eigenvalue weighted by Crippen LogP contribution is -2.12. The summed E-state index contributed by atoms with van der Waals surface area (Å²) in [4.78, 5) is 0. The number of hydrogen-bond donors (Lipinski definition) is 1. The van der Waals surface area contributed by atoms with Gasteiger partial charge in [-0.2, -0.15) is 0 Å². The predicted molar refractivity (Wildman–Crippen MR) is 40.7 cm³/mol. The molecule has 2 rings (SSSR count). The Labute approximate surface area is 62.4 Å². The van der Waals surface area contributed by atoms with Crippen molar-refractivity contribution in [3.05, 3.63) is 0 Å². The summed E-state index contributed by atoms with van der Waals surface area (Å²) in [7, 11) is 0. The third-order valence-corrected chi connectivity index (χ3v) is 3.05. The number of rotatable bonds is 0. The van der Waals surface area contributed by atoms with Crippen molar-refractivity contribution in [3.63, 3.8) is 0 Å². The lowest BCUT2D eigenvalue weighted by molar-refractivity contribution is 0.126. The highest BCUT2D eigenvalue weighted by atomic mass is 16.3. The molecule has 0 aromatic heterocycles. The van der Waals surface area contributed by atoms with Gasteiger partial charge >= 0.3 is 0 Å². The van der Waals surface area contributed by atoms with E-state index < -0.39 is 0 Å². The highest BCUT2D eigenvalue weighted by Gasteiger charge is 2.41. The second-order valence-corrected chi connectivity index (χ2v) is 3.86. The quantitative estimate of drug-likeness (QED) is 0.545. The van der Waals surface area contributed by atoms with Crippen molar-refractivity contribution < 1.29 is 5.11 Å². The molecule has 1 heteroatoms. The highest BCUT2D eigenvalue weighted by Crippen LogP contribution is 2.47. The van der Waals surface area contributed by atoms with Gasteiger partial charge < -0.3 is 5.11 Å². The van der Waals surface area contributed by atoms with Gasteiger partial charge in [0.25, 0.3) is 0 Å². The average Bonchev–Trinajstić information content (AvgIpc) is 2.62. The molecule has 2 saturated carbocycles. The van der Waals surface area contributed by atoms with Crippen LogP contribution in [0, 0.1) is 11.8 Å². The van der Waals surface area contributed by atoms with E-state index in [0.29, 0.717) is 5.92 Å². The topological polar surface area (TPSA) is 20.2 Å². The van der Waals surface area contributed by atoms with Crippen molar-refractivity contribution >= 4 is 0 Å². The fourth-order valence-corrected chi connectivity index (χ4v) is 2.23. The van der Waals surface area contributed by atoms with Crippen molar-refractivity contribution in [1.29, 1.82) is 0 Å². The molecule has 2 fully saturated rings. The summed E-state index contributed by atoms with van der Waals surface area (Å²) in [5, 5.41) is 9.52. The van der Waals surface area contributed by atoms with Crippen molar-refractivity contribution in [2.75, 3.05) is 0 Å².